The molecule has 30 heavy (non-hydrogen) atoms. The van der Waals surface area contributed by atoms with Gasteiger partial charge in [0.15, 0.2) is 6.29 Å². The average Bonchev–Trinajstić information content (AvgIpc) is 2.96. The highest BCUT2D eigenvalue weighted by molar-refractivity contribution is 6.61. The fourth-order valence-electron chi connectivity index (χ4n) is 3.33. The monoisotopic (exact) mass is 410 g/mol. The Hall–Kier alpha value is -2.29. The van der Waals surface area contributed by atoms with Gasteiger partial charge in [0.2, 0.25) is 11.6 Å². The maximum absolute atomic E-state index is 12.7. The van der Waals surface area contributed by atoms with Gasteiger partial charge in [0.05, 0.1) is 17.8 Å². The topological polar surface area (TPSA) is 79.8 Å². The molecule has 1 atom stereocenters. The normalized spacial score (nSPS) is 22.7. The standard InChI is InChI=1S/C22H27BN2O5/c1-21(2)22(3,4)30-23(29-21)16-13-24-20(25-14-16)19(26)15-8-10-17(11-9-15)28-18-7-5-6-12-27-18/h8-11,13-14,18H,5-7,12H2,1-4H3. The number of nitrogens with zero attached hydrogens (tertiary/aromatic N) is 2. The first-order chi connectivity index (χ1) is 14.2. The molecule has 2 fully saturated rings. The van der Waals surface area contributed by atoms with E-state index in [-0.39, 0.29) is 17.9 Å². The van der Waals surface area contributed by atoms with Crippen LogP contribution < -0.4 is 10.2 Å². The van der Waals surface area contributed by atoms with Gasteiger partial charge in [-0.3, -0.25) is 4.79 Å². The zero-order valence-corrected chi connectivity index (χ0v) is 17.9. The van der Waals surface area contributed by atoms with Gasteiger partial charge >= 0.3 is 7.12 Å². The van der Waals surface area contributed by atoms with E-state index in [1.807, 2.05) is 27.7 Å². The van der Waals surface area contributed by atoms with E-state index in [0.29, 0.717) is 16.8 Å². The lowest BCUT2D eigenvalue weighted by atomic mass is 9.81. The van der Waals surface area contributed by atoms with Crippen LogP contribution in [0.2, 0.25) is 0 Å². The Bertz CT molecular complexity index is 877. The Morgan fingerprint density at radius 3 is 2.23 bits per heavy atom. The van der Waals surface area contributed by atoms with Gasteiger partial charge < -0.3 is 18.8 Å². The molecule has 0 spiro atoms. The predicted octanol–water partition coefficient (Wildman–Crippen LogP) is 2.91. The van der Waals surface area contributed by atoms with Gasteiger partial charge in [0.25, 0.3) is 0 Å². The minimum Gasteiger partial charge on any atom is -0.465 e. The fourth-order valence-corrected chi connectivity index (χ4v) is 3.33. The largest absolute Gasteiger partial charge is 0.498 e. The van der Waals surface area contributed by atoms with Crippen LogP contribution in [0, 0.1) is 0 Å². The molecule has 0 bridgehead atoms. The summed E-state index contributed by atoms with van der Waals surface area (Å²) in [6.07, 6.45) is 6.00. The van der Waals surface area contributed by atoms with Crippen LogP contribution >= 0.6 is 0 Å². The molecule has 2 saturated heterocycles. The van der Waals surface area contributed by atoms with Crippen LogP contribution in [0.15, 0.2) is 36.7 Å². The summed E-state index contributed by atoms with van der Waals surface area (Å²) >= 11 is 0. The third kappa shape index (κ3) is 4.26. The molecular formula is C22H27BN2O5. The number of carbonyl (C=O) groups is 1. The van der Waals surface area contributed by atoms with Gasteiger partial charge in [0, 0.05) is 29.8 Å². The summed E-state index contributed by atoms with van der Waals surface area (Å²) in [4.78, 5) is 21.2. The second kappa shape index (κ2) is 8.09. The van der Waals surface area contributed by atoms with E-state index in [1.165, 1.54) is 0 Å². The van der Waals surface area contributed by atoms with E-state index >= 15 is 0 Å². The van der Waals surface area contributed by atoms with Crippen LogP contribution in [0.1, 0.15) is 63.1 Å². The Morgan fingerprint density at radius 1 is 1.03 bits per heavy atom. The second-order valence-electron chi connectivity index (χ2n) is 8.70. The molecule has 2 aliphatic heterocycles. The van der Waals surface area contributed by atoms with Crippen molar-refractivity contribution in [1.82, 2.24) is 9.97 Å². The van der Waals surface area contributed by atoms with Gasteiger partial charge in [-0.1, -0.05) is 0 Å². The number of ether oxygens (including phenoxy) is 2. The Kier molecular flexibility index (Phi) is 5.66. The second-order valence-corrected chi connectivity index (χ2v) is 8.70. The molecule has 4 rings (SSSR count). The number of ketones is 1. The maximum Gasteiger partial charge on any atom is 0.498 e. The van der Waals surface area contributed by atoms with Gasteiger partial charge in [-0.25, -0.2) is 9.97 Å². The lowest BCUT2D eigenvalue weighted by Gasteiger charge is -2.32. The zero-order valence-electron chi connectivity index (χ0n) is 17.9. The van der Waals surface area contributed by atoms with E-state index in [2.05, 4.69) is 9.97 Å². The van der Waals surface area contributed by atoms with Crippen molar-refractivity contribution in [3.05, 3.63) is 48.0 Å². The predicted molar refractivity (Wildman–Crippen MR) is 112 cm³/mol. The molecule has 1 aromatic heterocycles. The summed E-state index contributed by atoms with van der Waals surface area (Å²) in [6.45, 7) is 8.67. The Labute approximate surface area is 177 Å². The van der Waals surface area contributed by atoms with Crippen LogP contribution in [0.4, 0.5) is 0 Å². The molecule has 1 aromatic carbocycles. The fraction of sp³-hybridized carbons (Fsp3) is 0.500. The minimum absolute atomic E-state index is 0.125. The SMILES string of the molecule is CC1(C)OB(c2cnc(C(=O)c3ccc(OC4CCCCO4)cc3)nc2)OC1(C)C. The van der Waals surface area contributed by atoms with E-state index in [1.54, 1.807) is 36.7 Å². The zero-order chi connectivity index (χ0) is 21.4. The van der Waals surface area contributed by atoms with Crippen LogP contribution in [0.25, 0.3) is 0 Å². The summed E-state index contributed by atoms with van der Waals surface area (Å²) in [5, 5.41) is 0. The molecule has 7 nitrogen and oxygen atoms in total. The van der Waals surface area contributed by atoms with Crippen LogP contribution in [0.5, 0.6) is 5.75 Å². The number of hydrogen-bond donors (Lipinski definition) is 0. The van der Waals surface area contributed by atoms with Crippen molar-refractivity contribution in [2.24, 2.45) is 0 Å². The number of hydrogen-bond acceptors (Lipinski definition) is 7. The molecule has 0 radical (unpaired) electrons. The highest BCUT2D eigenvalue weighted by atomic mass is 16.7. The van der Waals surface area contributed by atoms with Gasteiger partial charge in [0.1, 0.15) is 5.75 Å². The number of aromatic nitrogens is 2. The van der Waals surface area contributed by atoms with Gasteiger partial charge in [-0.2, -0.15) is 0 Å². The highest BCUT2D eigenvalue weighted by Gasteiger charge is 2.52. The van der Waals surface area contributed by atoms with Crippen molar-refractivity contribution in [2.75, 3.05) is 6.61 Å². The summed E-state index contributed by atoms with van der Waals surface area (Å²) < 4.78 is 23.4. The minimum atomic E-state index is -0.558. The van der Waals surface area contributed by atoms with Crippen molar-refractivity contribution < 1.29 is 23.6 Å². The number of rotatable bonds is 5. The number of benzene rings is 1. The molecule has 1 unspecified atom stereocenters. The first-order valence-electron chi connectivity index (χ1n) is 10.4. The molecular weight excluding hydrogens is 383 g/mol. The molecule has 2 aliphatic rings. The van der Waals surface area contributed by atoms with Crippen molar-refractivity contribution in [1.29, 1.82) is 0 Å². The van der Waals surface area contributed by atoms with Crippen molar-refractivity contribution >= 4 is 18.4 Å². The highest BCUT2D eigenvalue weighted by Crippen LogP contribution is 2.36. The number of carbonyl (C=O) groups excluding carboxylic acids is 1. The summed E-state index contributed by atoms with van der Waals surface area (Å²) in [5.74, 6) is 0.547. The van der Waals surface area contributed by atoms with Crippen LogP contribution in [-0.4, -0.2) is 47.0 Å². The van der Waals surface area contributed by atoms with E-state index in [9.17, 15) is 4.79 Å². The molecule has 0 amide bonds. The lowest BCUT2D eigenvalue weighted by molar-refractivity contribution is -0.105. The Morgan fingerprint density at radius 2 is 1.67 bits per heavy atom. The van der Waals surface area contributed by atoms with Crippen molar-refractivity contribution in [3.8, 4) is 5.75 Å². The maximum atomic E-state index is 12.7. The third-order valence-electron chi connectivity index (χ3n) is 5.92. The summed E-state index contributed by atoms with van der Waals surface area (Å²) in [5.41, 5.74) is 0.286. The smallest absolute Gasteiger partial charge is 0.465 e. The van der Waals surface area contributed by atoms with Gasteiger partial charge in [-0.15, -0.1) is 0 Å². The molecule has 0 N–H and O–H groups in total. The first kappa shape index (κ1) is 21.0. The molecule has 0 aliphatic carbocycles. The first-order valence-corrected chi connectivity index (χ1v) is 10.4. The van der Waals surface area contributed by atoms with E-state index < -0.39 is 18.3 Å². The summed E-state index contributed by atoms with van der Waals surface area (Å²) in [6, 6.07) is 6.96. The molecule has 3 heterocycles. The third-order valence-corrected chi connectivity index (χ3v) is 5.92. The molecule has 158 valence electrons. The van der Waals surface area contributed by atoms with Crippen LogP contribution in [-0.2, 0) is 14.0 Å². The van der Waals surface area contributed by atoms with Crippen LogP contribution in [0.3, 0.4) is 0 Å². The van der Waals surface area contributed by atoms with E-state index in [4.69, 9.17) is 18.8 Å². The van der Waals surface area contributed by atoms with Crippen molar-refractivity contribution in [3.63, 3.8) is 0 Å². The lowest BCUT2D eigenvalue weighted by Crippen LogP contribution is -2.41. The van der Waals surface area contributed by atoms with Crippen molar-refractivity contribution in [2.45, 2.75) is 64.4 Å². The molecule has 8 heteroatoms. The Balaban J connectivity index is 1.41. The molecule has 0 saturated carbocycles. The van der Waals surface area contributed by atoms with Gasteiger partial charge in [-0.05, 0) is 64.8 Å². The summed E-state index contributed by atoms with van der Waals surface area (Å²) in [7, 11) is -0.558. The van der Waals surface area contributed by atoms with E-state index in [0.717, 1.165) is 25.9 Å². The molecule has 2 aromatic rings. The average molecular weight is 410 g/mol. The quantitative estimate of drug-likeness (QED) is 0.554.